The Morgan fingerprint density at radius 2 is 2.21 bits per heavy atom. The van der Waals surface area contributed by atoms with E-state index in [1.165, 1.54) is 0 Å². The van der Waals surface area contributed by atoms with Crippen molar-refractivity contribution in [3.05, 3.63) is 52.8 Å². The number of hydrogen-bond donors (Lipinski definition) is 2. The minimum Gasteiger partial charge on any atom is -0.326 e. The Hall–Kier alpha value is -2.40. The Morgan fingerprint density at radius 3 is 2.92 bits per heavy atom. The minimum atomic E-state index is -0.119. The first-order chi connectivity index (χ1) is 11.6. The summed E-state index contributed by atoms with van der Waals surface area (Å²) in [5.41, 5.74) is 3.18. The highest BCUT2D eigenvalue weighted by Crippen LogP contribution is 2.37. The lowest BCUT2D eigenvalue weighted by molar-refractivity contribution is -0.117. The van der Waals surface area contributed by atoms with Crippen LogP contribution in [0.3, 0.4) is 0 Å². The topological polar surface area (TPSA) is 71.1 Å². The van der Waals surface area contributed by atoms with Gasteiger partial charge in [-0.15, -0.1) is 0 Å². The number of carbonyl (C=O) groups is 2. The van der Waals surface area contributed by atoms with Crippen LogP contribution < -0.4 is 10.6 Å². The van der Waals surface area contributed by atoms with Gasteiger partial charge in [0.25, 0.3) is 0 Å². The second kappa shape index (κ2) is 7.01. The zero-order valence-electron chi connectivity index (χ0n) is 13.3. The molecule has 1 aromatic carbocycles. The molecule has 0 spiro atoms. The highest BCUT2D eigenvalue weighted by Gasteiger charge is 2.27. The molecule has 0 bridgehead atoms. The van der Waals surface area contributed by atoms with Gasteiger partial charge < -0.3 is 10.6 Å². The van der Waals surface area contributed by atoms with Crippen molar-refractivity contribution in [1.29, 1.82) is 0 Å². The molecular weight excluding hydrogens is 326 g/mol. The van der Waals surface area contributed by atoms with Crippen LogP contribution in [0.4, 0.5) is 11.4 Å². The van der Waals surface area contributed by atoms with Gasteiger partial charge in [0.05, 0.1) is 5.02 Å². The Kier molecular flexibility index (Phi) is 4.81. The second-order valence-electron chi connectivity index (χ2n) is 5.81. The lowest BCUT2D eigenvalue weighted by Crippen LogP contribution is -2.24. The van der Waals surface area contributed by atoms with Crippen LogP contribution in [0.5, 0.6) is 0 Å². The Labute approximate surface area is 145 Å². The summed E-state index contributed by atoms with van der Waals surface area (Å²) in [4.78, 5) is 28.2. The minimum absolute atomic E-state index is 0.0319. The summed E-state index contributed by atoms with van der Waals surface area (Å²) < 4.78 is 0. The number of amides is 2. The normalized spacial score (nSPS) is 16.2. The molecule has 24 heavy (non-hydrogen) atoms. The quantitative estimate of drug-likeness (QED) is 0.883. The van der Waals surface area contributed by atoms with Crippen LogP contribution in [0.1, 0.15) is 43.4 Å². The van der Waals surface area contributed by atoms with E-state index in [-0.39, 0.29) is 17.7 Å². The zero-order valence-corrected chi connectivity index (χ0v) is 14.1. The number of carbonyl (C=O) groups excluding carboxylic acids is 2. The molecule has 0 saturated heterocycles. The average molecular weight is 344 g/mol. The van der Waals surface area contributed by atoms with Crippen LogP contribution in [0, 0.1) is 0 Å². The van der Waals surface area contributed by atoms with Crippen molar-refractivity contribution in [3.8, 4) is 0 Å². The molecule has 0 aliphatic carbocycles. The second-order valence-corrected chi connectivity index (χ2v) is 6.24. The molecule has 2 heterocycles. The smallest absolute Gasteiger partial charge is 0.225 e. The van der Waals surface area contributed by atoms with Crippen molar-refractivity contribution in [1.82, 2.24) is 4.98 Å². The van der Waals surface area contributed by atoms with Crippen molar-refractivity contribution in [2.75, 3.05) is 10.6 Å². The molecule has 1 unspecified atom stereocenters. The number of aromatic nitrogens is 1. The lowest BCUT2D eigenvalue weighted by Gasteiger charge is -2.26. The number of anilines is 2. The van der Waals surface area contributed by atoms with Gasteiger partial charge in [-0.1, -0.05) is 24.6 Å². The largest absolute Gasteiger partial charge is 0.326 e. The molecule has 1 atom stereocenters. The third-order valence-electron chi connectivity index (χ3n) is 3.96. The fourth-order valence-electron chi connectivity index (χ4n) is 2.85. The van der Waals surface area contributed by atoms with E-state index < -0.39 is 0 Å². The molecular formula is C18H18ClN3O2. The van der Waals surface area contributed by atoms with E-state index in [9.17, 15) is 9.59 Å². The maximum absolute atomic E-state index is 12.1. The van der Waals surface area contributed by atoms with E-state index in [0.717, 1.165) is 17.7 Å². The van der Waals surface area contributed by atoms with Crippen LogP contribution in [-0.4, -0.2) is 16.8 Å². The van der Waals surface area contributed by atoms with Gasteiger partial charge in [0.2, 0.25) is 11.8 Å². The molecule has 0 saturated carbocycles. The van der Waals surface area contributed by atoms with Crippen LogP contribution >= 0.6 is 11.6 Å². The molecule has 2 aromatic rings. The predicted octanol–water partition coefficient (Wildman–Crippen LogP) is 3.95. The summed E-state index contributed by atoms with van der Waals surface area (Å²) in [5.74, 6) is -0.219. The zero-order chi connectivity index (χ0) is 17.1. The summed E-state index contributed by atoms with van der Waals surface area (Å²) in [6.45, 7) is 1.95. The van der Waals surface area contributed by atoms with Crippen LogP contribution in [0.2, 0.25) is 5.02 Å². The van der Waals surface area contributed by atoms with E-state index >= 15 is 0 Å². The Morgan fingerprint density at radius 1 is 1.38 bits per heavy atom. The van der Waals surface area contributed by atoms with Crippen LogP contribution in [-0.2, 0) is 9.59 Å². The van der Waals surface area contributed by atoms with Gasteiger partial charge in [-0.2, -0.15) is 0 Å². The molecule has 1 aromatic heterocycles. The molecule has 6 heteroatoms. The van der Waals surface area contributed by atoms with Gasteiger partial charge in [-0.25, -0.2) is 0 Å². The van der Waals surface area contributed by atoms with Crippen molar-refractivity contribution >= 4 is 34.8 Å². The van der Waals surface area contributed by atoms with Gasteiger partial charge in [0, 0.05) is 42.0 Å². The van der Waals surface area contributed by atoms with Crippen molar-refractivity contribution < 1.29 is 9.59 Å². The standard InChI is InChI=1S/C18H18ClN3O2/c1-2-3-17(23)21-12-5-6-13-14(9-18(24)22-16(13)8-12)15-7-4-11(19)10-20-15/h4-8,10,14H,2-3,9H2,1H3,(H,21,23)(H,22,24). The number of nitrogens with one attached hydrogen (secondary N) is 2. The molecule has 124 valence electrons. The maximum atomic E-state index is 12.1. The van der Waals surface area contributed by atoms with Gasteiger partial charge in [0.15, 0.2) is 0 Å². The van der Waals surface area contributed by atoms with Crippen LogP contribution in [0.25, 0.3) is 0 Å². The third kappa shape index (κ3) is 3.57. The van der Waals surface area contributed by atoms with E-state index in [2.05, 4.69) is 15.6 Å². The predicted molar refractivity (Wildman–Crippen MR) is 94.3 cm³/mol. The summed E-state index contributed by atoms with van der Waals surface area (Å²) in [7, 11) is 0. The van der Waals surface area contributed by atoms with Crippen molar-refractivity contribution in [3.63, 3.8) is 0 Å². The molecule has 5 nitrogen and oxygen atoms in total. The van der Waals surface area contributed by atoms with E-state index in [0.29, 0.717) is 29.2 Å². The number of halogens is 1. The number of pyridine rings is 1. The number of nitrogens with zero attached hydrogens (tertiary/aromatic N) is 1. The molecule has 0 fully saturated rings. The molecule has 1 aliphatic heterocycles. The number of benzene rings is 1. The van der Waals surface area contributed by atoms with Gasteiger partial charge >= 0.3 is 0 Å². The Bertz CT molecular complexity index is 774. The molecule has 2 N–H and O–H groups in total. The van der Waals surface area contributed by atoms with Gasteiger partial charge in [-0.05, 0) is 36.2 Å². The summed E-state index contributed by atoms with van der Waals surface area (Å²) in [6.07, 6.45) is 3.18. The fourth-order valence-corrected chi connectivity index (χ4v) is 2.96. The lowest BCUT2D eigenvalue weighted by atomic mass is 9.87. The number of hydrogen-bond acceptors (Lipinski definition) is 3. The first-order valence-corrected chi connectivity index (χ1v) is 8.29. The molecule has 2 amide bonds. The highest BCUT2D eigenvalue weighted by atomic mass is 35.5. The summed E-state index contributed by atoms with van der Waals surface area (Å²) in [5, 5.41) is 6.28. The molecule has 1 aliphatic rings. The molecule has 3 rings (SSSR count). The number of fused-ring (bicyclic) bond motifs is 1. The Balaban J connectivity index is 1.91. The maximum Gasteiger partial charge on any atom is 0.225 e. The summed E-state index contributed by atoms with van der Waals surface area (Å²) >= 11 is 5.89. The van der Waals surface area contributed by atoms with Crippen LogP contribution in [0.15, 0.2) is 36.5 Å². The summed E-state index contributed by atoms with van der Waals surface area (Å²) in [6, 6.07) is 9.19. The first-order valence-electron chi connectivity index (χ1n) is 7.92. The van der Waals surface area contributed by atoms with Crippen molar-refractivity contribution in [2.24, 2.45) is 0 Å². The molecule has 0 radical (unpaired) electrons. The average Bonchev–Trinajstić information content (AvgIpc) is 2.54. The van der Waals surface area contributed by atoms with E-state index in [4.69, 9.17) is 11.6 Å². The third-order valence-corrected chi connectivity index (χ3v) is 4.18. The highest BCUT2D eigenvalue weighted by molar-refractivity contribution is 6.30. The number of rotatable bonds is 4. The van der Waals surface area contributed by atoms with Gasteiger partial charge in [0.1, 0.15) is 0 Å². The van der Waals surface area contributed by atoms with E-state index in [1.807, 2.05) is 25.1 Å². The SMILES string of the molecule is CCCC(=O)Nc1ccc2c(c1)NC(=O)CC2c1ccc(Cl)cn1. The fraction of sp³-hybridized carbons (Fsp3) is 0.278. The van der Waals surface area contributed by atoms with Gasteiger partial charge in [-0.3, -0.25) is 14.6 Å². The first kappa shape index (κ1) is 16.5. The van der Waals surface area contributed by atoms with Crippen molar-refractivity contribution in [2.45, 2.75) is 32.1 Å². The van der Waals surface area contributed by atoms with E-state index in [1.54, 1.807) is 18.3 Å². The monoisotopic (exact) mass is 343 g/mol.